The Balaban J connectivity index is 1.13. The predicted octanol–water partition coefficient (Wildman–Crippen LogP) is 13.2. The van der Waals surface area contributed by atoms with Gasteiger partial charge in [0.05, 0.1) is 0 Å². The van der Waals surface area contributed by atoms with Gasteiger partial charge in [-0.3, -0.25) is 0 Å². The van der Waals surface area contributed by atoms with Crippen molar-refractivity contribution < 1.29 is 0 Å². The minimum Gasteiger partial charge on any atom is -0.135 e. The van der Waals surface area contributed by atoms with Crippen LogP contribution in [-0.2, 0) is 0 Å². The molecule has 0 saturated carbocycles. The van der Waals surface area contributed by atoms with E-state index in [-0.39, 0.29) is 0 Å². The first-order valence-electron chi connectivity index (χ1n) is 15.6. The Bertz CT molecular complexity index is 2930. The van der Waals surface area contributed by atoms with Crippen molar-refractivity contribution in [2.45, 2.75) is 0 Å². The van der Waals surface area contributed by atoms with Gasteiger partial charge in [0.1, 0.15) is 0 Å². The fourth-order valence-corrected chi connectivity index (χ4v) is 9.33. The normalized spacial score (nSPS) is 12.4. The lowest BCUT2D eigenvalue weighted by Gasteiger charge is -2.17. The Kier molecular flexibility index (Phi) is 4.55. The molecule has 0 aliphatic carbocycles. The predicted molar refractivity (Wildman–Crippen MR) is 198 cm³/mol. The summed E-state index contributed by atoms with van der Waals surface area (Å²) in [6.45, 7) is 0. The maximum absolute atomic E-state index is 2.39. The van der Waals surface area contributed by atoms with Gasteiger partial charge >= 0.3 is 0 Å². The molecule has 0 aliphatic heterocycles. The molecule has 0 amide bonds. The van der Waals surface area contributed by atoms with Gasteiger partial charge in [0.25, 0.3) is 0 Å². The number of fused-ring (bicyclic) bond motifs is 3. The standard InChI is InChI=1S/C44H24S/c1-5-26-6-2-9-35-38-20-19-31(33-10-4-11-36(43(33)38)34(8-1)41(26)35)28-15-13-25-14-16-29(24-30(25)23-28)32-21-22-40-44-37(32)18-17-27-7-3-12-39(45-40)42(27)44/h1-24H. The molecule has 11 aromatic rings. The highest BCUT2D eigenvalue weighted by Gasteiger charge is 2.17. The molecular weight excluding hydrogens is 561 g/mol. The van der Waals surface area contributed by atoms with Gasteiger partial charge in [0.2, 0.25) is 0 Å². The lowest BCUT2D eigenvalue weighted by molar-refractivity contribution is 1.68. The molecule has 1 heterocycles. The number of benzene rings is 10. The van der Waals surface area contributed by atoms with E-state index >= 15 is 0 Å². The molecule has 1 aromatic heterocycles. The van der Waals surface area contributed by atoms with Gasteiger partial charge < -0.3 is 0 Å². The van der Waals surface area contributed by atoms with E-state index in [4.69, 9.17) is 0 Å². The van der Waals surface area contributed by atoms with Gasteiger partial charge in [-0.15, -0.1) is 11.3 Å². The van der Waals surface area contributed by atoms with Crippen LogP contribution in [0, 0.1) is 0 Å². The molecule has 0 atom stereocenters. The van der Waals surface area contributed by atoms with Crippen LogP contribution in [0.2, 0.25) is 0 Å². The third-order valence-electron chi connectivity index (χ3n) is 10.2. The van der Waals surface area contributed by atoms with Crippen LogP contribution in [0.15, 0.2) is 146 Å². The van der Waals surface area contributed by atoms with Gasteiger partial charge in [-0.2, -0.15) is 0 Å². The van der Waals surface area contributed by atoms with Crippen molar-refractivity contribution in [3.05, 3.63) is 146 Å². The highest BCUT2D eigenvalue weighted by atomic mass is 32.1. The molecule has 0 saturated heterocycles. The molecule has 45 heavy (non-hydrogen) atoms. The summed E-state index contributed by atoms with van der Waals surface area (Å²) in [5, 5.41) is 18.7. The zero-order chi connectivity index (χ0) is 29.2. The lowest BCUT2D eigenvalue weighted by Crippen LogP contribution is -1.89. The Morgan fingerprint density at radius 2 is 0.800 bits per heavy atom. The van der Waals surface area contributed by atoms with Crippen LogP contribution in [0.1, 0.15) is 0 Å². The highest BCUT2D eigenvalue weighted by molar-refractivity contribution is 7.26. The summed E-state index contributed by atoms with van der Waals surface area (Å²) in [4.78, 5) is 0. The largest absolute Gasteiger partial charge is 0.135 e. The van der Waals surface area contributed by atoms with Crippen molar-refractivity contribution in [1.29, 1.82) is 0 Å². The van der Waals surface area contributed by atoms with Crippen LogP contribution in [-0.4, -0.2) is 0 Å². The van der Waals surface area contributed by atoms with Gasteiger partial charge in [-0.05, 0) is 111 Å². The van der Waals surface area contributed by atoms with E-state index in [0.717, 1.165) is 0 Å². The average molecular weight is 585 g/mol. The number of rotatable bonds is 2. The number of hydrogen-bond acceptors (Lipinski definition) is 1. The molecule has 206 valence electrons. The molecule has 0 spiro atoms. The summed E-state index contributed by atoms with van der Waals surface area (Å²) in [7, 11) is 0. The van der Waals surface area contributed by atoms with Crippen molar-refractivity contribution in [2.75, 3.05) is 0 Å². The molecule has 0 radical (unpaired) electrons. The van der Waals surface area contributed by atoms with Crippen LogP contribution in [0.4, 0.5) is 0 Å². The highest BCUT2D eigenvalue weighted by Crippen LogP contribution is 2.45. The summed E-state index contributed by atoms with van der Waals surface area (Å²) in [6, 6.07) is 54.7. The topological polar surface area (TPSA) is 0 Å². The fourth-order valence-electron chi connectivity index (χ4n) is 8.18. The zero-order valence-electron chi connectivity index (χ0n) is 24.3. The second kappa shape index (κ2) is 8.57. The Hall–Kier alpha value is -5.50. The first-order chi connectivity index (χ1) is 22.3. The molecule has 0 fully saturated rings. The van der Waals surface area contributed by atoms with E-state index < -0.39 is 0 Å². The third-order valence-corrected chi connectivity index (χ3v) is 11.3. The molecular formula is C44H24S. The Labute approximate surface area is 263 Å². The summed E-state index contributed by atoms with van der Waals surface area (Å²) >= 11 is 1.90. The van der Waals surface area contributed by atoms with E-state index in [1.807, 2.05) is 11.3 Å². The summed E-state index contributed by atoms with van der Waals surface area (Å²) in [5.41, 5.74) is 5.10. The fraction of sp³-hybridized carbons (Fsp3) is 0. The second-order valence-electron chi connectivity index (χ2n) is 12.4. The van der Waals surface area contributed by atoms with E-state index in [1.165, 1.54) is 107 Å². The molecule has 0 N–H and O–H groups in total. The van der Waals surface area contributed by atoms with Crippen molar-refractivity contribution in [3.63, 3.8) is 0 Å². The quantitative estimate of drug-likeness (QED) is 0.140. The summed E-state index contributed by atoms with van der Waals surface area (Å²) in [5.74, 6) is 0. The van der Waals surface area contributed by atoms with Crippen LogP contribution in [0.5, 0.6) is 0 Å². The van der Waals surface area contributed by atoms with Gasteiger partial charge in [0.15, 0.2) is 0 Å². The first-order valence-corrected chi connectivity index (χ1v) is 16.4. The van der Waals surface area contributed by atoms with Crippen LogP contribution in [0.25, 0.3) is 107 Å². The van der Waals surface area contributed by atoms with Crippen LogP contribution < -0.4 is 0 Å². The number of hydrogen-bond donors (Lipinski definition) is 0. The maximum Gasteiger partial charge on any atom is 0.0362 e. The van der Waals surface area contributed by atoms with Crippen molar-refractivity contribution >= 4 is 96.1 Å². The number of thiophene rings is 1. The second-order valence-corrected chi connectivity index (χ2v) is 13.5. The molecule has 11 rings (SSSR count). The third kappa shape index (κ3) is 3.16. The van der Waals surface area contributed by atoms with Crippen LogP contribution in [0.3, 0.4) is 0 Å². The van der Waals surface area contributed by atoms with E-state index in [1.54, 1.807) is 0 Å². The van der Waals surface area contributed by atoms with E-state index in [0.29, 0.717) is 0 Å². The van der Waals surface area contributed by atoms with E-state index in [9.17, 15) is 0 Å². The molecule has 0 bridgehead atoms. The molecule has 0 aliphatic rings. The van der Waals surface area contributed by atoms with Gasteiger partial charge in [-0.25, -0.2) is 0 Å². The van der Waals surface area contributed by atoms with Crippen LogP contribution >= 0.6 is 11.3 Å². The minimum atomic E-state index is 1.26. The first kappa shape index (κ1) is 23.9. The van der Waals surface area contributed by atoms with Crippen molar-refractivity contribution in [3.8, 4) is 22.3 Å². The van der Waals surface area contributed by atoms with Gasteiger partial charge in [0, 0.05) is 20.2 Å². The SMILES string of the molecule is c1cc2ccc3c(-c4ccc5ccc(-c6ccc7c8cccc9cccc(c%10cccc6c%107)c98)cc5c4)ccc4sc(c1)c2c43. The van der Waals surface area contributed by atoms with Crippen molar-refractivity contribution in [2.24, 2.45) is 0 Å². The monoisotopic (exact) mass is 584 g/mol. The molecule has 1 heteroatoms. The van der Waals surface area contributed by atoms with Crippen molar-refractivity contribution in [1.82, 2.24) is 0 Å². The molecule has 0 nitrogen and oxygen atoms in total. The molecule has 10 aromatic carbocycles. The maximum atomic E-state index is 2.39. The summed E-state index contributed by atoms with van der Waals surface area (Å²) in [6.07, 6.45) is 0. The molecule has 0 unspecified atom stereocenters. The van der Waals surface area contributed by atoms with E-state index in [2.05, 4.69) is 146 Å². The zero-order valence-corrected chi connectivity index (χ0v) is 25.1. The smallest absolute Gasteiger partial charge is 0.0362 e. The summed E-state index contributed by atoms with van der Waals surface area (Å²) < 4.78 is 2.74. The minimum absolute atomic E-state index is 1.26. The average Bonchev–Trinajstić information content (AvgIpc) is 3.49. The lowest BCUT2D eigenvalue weighted by atomic mass is 9.87. The Morgan fingerprint density at radius 3 is 1.56 bits per heavy atom. The Morgan fingerprint density at radius 1 is 0.289 bits per heavy atom. The van der Waals surface area contributed by atoms with Gasteiger partial charge in [-0.1, -0.05) is 121 Å².